The number of nitrogens with one attached hydrogen (secondary N) is 1. The van der Waals surface area contributed by atoms with Crippen molar-refractivity contribution < 1.29 is 4.74 Å². The van der Waals surface area contributed by atoms with Gasteiger partial charge in [0.25, 0.3) is 0 Å². The number of hydrogen-bond donors (Lipinski definition) is 2. The summed E-state index contributed by atoms with van der Waals surface area (Å²) in [5, 5.41) is 3.30. The van der Waals surface area contributed by atoms with Crippen molar-refractivity contribution in [3.8, 4) is 5.75 Å². The number of methoxy groups -OCH3 is 1. The van der Waals surface area contributed by atoms with Gasteiger partial charge in [-0.05, 0) is 53.5 Å². The van der Waals surface area contributed by atoms with Gasteiger partial charge < -0.3 is 15.8 Å². The number of ether oxygens (including phenoxy) is 1. The van der Waals surface area contributed by atoms with Gasteiger partial charge in [0.15, 0.2) is 0 Å². The van der Waals surface area contributed by atoms with Crippen LogP contribution in [0.5, 0.6) is 5.75 Å². The Labute approximate surface area is 104 Å². The molecule has 1 aliphatic rings. The van der Waals surface area contributed by atoms with E-state index in [4.69, 9.17) is 10.5 Å². The van der Waals surface area contributed by atoms with Crippen molar-refractivity contribution in [1.82, 2.24) is 5.32 Å². The van der Waals surface area contributed by atoms with Crippen LogP contribution in [0.4, 0.5) is 0 Å². The summed E-state index contributed by atoms with van der Waals surface area (Å²) in [5.41, 5.74) is 7.38. The maximum atomic E-state index is 6.24. The minimum absolute atomic E-state index is 0.0667. The maximum absolute atomic E-state index is 6.24. The highest BCUT2D eigenvalue weighted by atomic mass is 79.9. The first-order chi connectivity index (χ1) is 7.60. The first kappa shape index (κ1) is 11.9. The zero-order valence-corrected chi connectivity index (χ0v) is 11.2. The Hall–Kier alpha value is -0.580. The summed E-state index contributed by atoms with van der Waals surface area (Å²) < 4.78 is 6.19. The van der Waals surface area contributed by atoms with Gasteiger partial charge in [0, 0.05) is 5.54 Å². The van der Waals surface area contributed by atoms with E-state index in [0.29, 0.717) is 0 Å². The first-order valence-electron chi connectivity index (χ1n) is 5.40. The van der Waals surface area contributed by atoms with E-state index in [-0.39, 0.29) is 11.6 Å². The van der Waals surface area contributed by atoms with E-state index in [1.165, 1.54) is 5.56 Å². The van der Waals surface area contributed by atoms with Gasteiger partial charge in [0.2, 0.25) is 0 Å². The largest absolute Gasteiger partial charge is 0.496 e. The predicted molar refractivity (Wildman–Crippen MR) is 68.6 cm³/mol. The number of benzene rings is 1. The fourth-order valence-corrected chi connectivity index (χ4v) is 2.64. The van der Waals surface area contributed by atoms with Crippen LogP contribution in [-0.2, 0) is 0 Å². The van der Waals surface area contributed by atoms with Gasteiger partial charge in [0.1, 0.15) is 5.75 Å². The summed E-state index contributed by atoms with van der Waals surface area (Å²) in [7, 11) is 3.62. The molecule has 0 heterocycles. The molecule has 88 valence electrons. The molecule has 1 atom stereocenters. The van der Waals surface area contributed by atoms with Gasteiger partial charge in [-0.15, -0.1) is 0 Å². The summed E-state index contributed by atoms with van der Waals surface area (Å²) in [6, 6.07) is 6.33. The predicted octanol–water partition coefficient (Wildman–Crippen LogP) is 2.21. The van der Waals surface area contributed by atoms with E-state index in [1.54, 1.807) is 7.11 Å². The van der Waals surface area contributed by atoms with Crippen LogP contribution in [0.2, 0.25) is 0 Å². The van der Waals surface area contributed by atoms with Crippen molar-refractivity contribution in [2.24, 2.45) is 5.73 Å². The topological polar surface area (TPSA) is 47.3 Å². The average molecular weight is 285 g/mol. The lowest BCUT2D eigenvalue weighted by molar-refractivity contribution is 0.410. The second kappa shape index (κ2) is 4.35. The third kappa shape index (κ3) is 2.10. The highest BCUT2D eigenvalue weighted by Gasteiger charge is 2.45. The average Bonchev–Trinajstić information content (AvgIpc) is 2.98. The van der Waals surface area contributed by atoms with E-state index >= 15 is 0 Å². The van der Waals surface area contributed by atoms with E-state index in [9.17, 15) is 0 Å². The van der Waals surface area contributed by atoms with E-state index in [2.05, 4.69) is 33.4 Å². The van der Waals surface area contributed by atoms with Gasteiger partial charge in [-0.25, -0.2) is 0 Å². The van der Waals surface area contributed by atoms with Gasteiger partial charge >= 0.3 is 0 Å². The molecule has 0 bridgehead atoms. The number of rotatable bonds is 4. The molecule has 4 heteroatoms. The van der Waals surface area contributed by atoms with Crippen LogP contribution in [0.3, 0.4) is 0 Å². The lowest BCUT2D eigenvalue weighted by Gasteiger charge is -2.24. The Morgan fingerprint density at radius 3 is 2.62 bits per heavy atom. The van der Waals surface area contributed by atoms with Crippen molar-refractivity contribution in [2.45, 2.75) is 24.4 Å². The molecule has 1 fully saturated rings. The molecule has 1 aromatic carbocycles. The van der Waals surface area contributed by atoms with Crippen LogP contribution in [-0.4, -0.2) is 19.7 Å². The molecule has 16 heavy (non-hydrogen) atoms. The molecule has 0 aliphatic heterocycles. The van der Waals surface area contributed by atoms with Crippen molar-refractivity contribution in [2.75, 3.05) is 14.2 Å². The highest BCUT2D eigenvalue weighted by molar-refractivity contribution is 9.10. The molecule has 0 radical (unpaired) electrons. The second-order valence-corrected chi connectivity index (χ2v) is 5.20. The zero-order chi connectivity index (χ0) is 11.8. The van der Waals surface area contributed by atoms with Crippen LogP contribution in [0.1, 0.15) is 24.4 Å². The van der Waals surface area contributed by atoms with E-state index in [0.717, 1.165) is 23.1 Å². The molecular weight excluding hydrogens is 268 g/mol. The van der Waals surface area contributed by atoms with Crippen LogP contribution in [0.15, 0.2) is 22.7 Å². The maximum Gasteiger partial charge on any atom is 0.133 e. The third-order valence-corrected chi connectivity index (χ3v) is 3.82. The van der Waals surface area contributed by atoms with Gasteiger partial charge in [-0.2, -0.15) is 0 Å². The molecule has 0 amide bonds. The molecule has 0 spiro atoms. The lowest BCUT2D eigenvalue weighted by Crippen LogP contribution is -2.38. The summed E-state index contributed by atoms with van der Waals surface area (Å²) in [6.07, 6.45) is 2.17. The van der Waals surface area contributed by atoms with Crippen molar-refractivity contribution >= 4 is 15.9 Å². The SMILES string of the molecule is CNC(c1ccc(OC)c(Br)c1)C1(N)CC1. The molecule has 0 saturated heterocycles. The molecule has 2 rings (SSSR count). The number of halogens is 1. The van der Waals surface area contributed by atoms with Gasteiger partial charge in [-0.3, -0.25) is 0 Å². The Bertz CT molecular complexity index is 391. The van der Waals surface area contributed by atoms with Gasteiger partial charge in [-0.1, -0.05) is 6.07 Å². The number of likely N-dealkylation sites (N-methyl/N-ethyl adjacent to an activating group) is 1. The Balaban J connectivity index is 2.29. The normalized spacial score (nSPS) is 19.2. The summed E-state index contributed by atoms with van der Waals surface area (Å²) in [4.78, 5) is 0. The smallest absolute Gasteiger partial charge is 0.133 e. The van der Waals surface area contributed by atoms with Gasteiger partial charge in [0.05, 0.1) is 17.6 Å². The summed E-state index contributed by atoms with van der Waals surface area (Å²) >= 11 is 3.50. The molecule has 0 aromatic heterocycles. The second-order valence-electron chi connectivity index (χ2n) is 4.35. The van der Waals surface area contributed by atoms with E-state index in [1.807, 2.05) is 13.1 Å². The lowest BCUT2D eigenvalue weighted by atomic mass is 9.98. The molecule has 1 aliphatic carbocycles. The molecule has 1 saturated carbocycles. The molecule has 1 unspecified atom stereocenters. The Morgan fingerprint density at radius 1 is 1.50 bits per heavy atom. The molecule has 3 N–H and O–H groups in total. The van der Waals surface area contributed by atoms with E-state index < -0.39 is 0 Å². The fourth-order valence-electron chi connectivity index (χ4n) is 2.08. The minimum Gasteiger partial charge on any atom is -0.496 e. The Morgan fingerprint density at radius 2 is 2.19 bits per heavy atom. The molecule has 1 aromatic rings. The monoisotopic (exact) mass is 284 g/mol. The third-order valence-electron chi connectivity index (χ3n) is 3.20. The molecular formula is C12H17BrN2O. The standard InChI is InChI=1S/C12H17BrN2O/c1-15-11(12(14)5-6-12)8-3-4-10(16-2)9(13)7-8/h3-4,7,11,15H,5-6,14H2,1-2H3. The van der Waals surface area contributed by atoms with Crippen molar-refractivity contribution in [3.63, 3.8) is 0 Å². The van der Waals surface area contributed by atoms with Crippen molar-refractivity contribution in [3.05, 3.63) is 28.2 Å². The van der Waals surface area contributed by atoms with Crippen LogP contribution >= 0.6 is 15.9 Å². The van der Waals surface area contributed by atoms with Crippen LogP contribution in [0.25, 0.3) is 0 Å². The summed E-state index contributed by atoms with van der Waals surface area (Å²) in [5.74, 6) is 0.848. The number of hydrogen-bond acceptors (Lipinski definition) is 3. The van der Waals surface area contributed by atoms with Crippen LogP contribution in [0, 0.1) is 0 Å². The van der Waals surface area contributed by atoms with Crippen LogP contribution < -0.4 is 15.8 Å². The minimum atomic E-state index is -0.0667. The highest BCUT2D eigenvalue weighted by Crippen LogP contribution is 2.44. The molecule has 3 nitrogen and oxygen atoms in total. The first-order valence-corrected chi connectivity index (χ1v) is 6.19. The van der Waals surface area contributed by atoms with Crippen molar-refractivity contribution in [1.29, 1.82) is 0 Å². The zero-order valence-electron chi connectivity index (χ0n) is 9.59. The Kier molecular flexibility index (Phi) is 3.24. The fraction of sp³-hybridized carbons (Fsp3) is 0.500. The summed E-state index contributed by atoms with van der Waals surface area (Å²) in [6.45, 7) is 0. The number of nitrogens with two attached hydrogens (primary N) is 1. The quantitative estimate of drug-likeness (QED) is 0.891.